The molecule has 0 radical (unpaired) electrons. The van der Waals surface area contributed by atoms with Gasteiger partial charge in [-0.2, -0.15) is 4.98 Å². The first-order valence-corrected chi connectivity index (χ1v) is 4.07. The van der Waals surface area contributed by atoms with Crippen molar-refractivity contribution in [2.75, 3.05) is 5.73 Å². The Bertz CT molecular complexity index is 496. The molecule has 0 unspecified atom stereocenters. The van der Waals surface area contributed by atoms with Crippen LogP contribution in [0.25, 0.3) is 11.0 Å². The van der Waals surface area contributed by atoms with E-state index in [4.69, 9.17) is 5.73 Å². The van der Waals surface area contributed by atoms with Crippen LogP contribution in [0.4, 0.5) is 5.95 Å². The lowest BCUT2D eigenvalue weighted by Gasteiger charge is -1.99. The maximum absolute atomic E-state index is 11.3. The number of anilines is 1. The number of nitrogen functional groups attached to an aromatic ring is 1. The molecular formula is C8H10N4O. The Balaban J connectivity index is 2.90. The maximum atomic E-state index is 11.3. The Morgan fingerprint density at radius 2 is 2.46 bits per heavy atom. The van der Waals surface area contributed by atoms with Crippen molar-refractivity contribution in [3.63, 3.8) is 0 Å². The first kappa shape index (κ1) is 7.85. The number of aromatic nitrogens is 3. The van der Waals surface area contributed by atoms with E-state index in [0.717, 1.165) is 6.54 Å². The first-order chi connectivity index (χ1) is 6.22. The summed E-state index contributed by atoms with van der Waals surface area (Å²) < 4.78 is 1.88. The zero-order valence-corrected chi connectivity index (χ0v) is 7.24. The number of fused-ring (bicyclic) bond motifs is 1. The van der Waals surface area contributed by atoms with Gasteiger partial charge in [-0.3, -0.25) is 9.78 Å². The largest absolute Gasteiger partial charge is 0.369 e. The Labute approximate surface area is 74.2 Å². The van der Waals surface area contributed by atoms with Gasteiger partial charge in [-0.25, -0.2) is 0 Å². The lowest BCUT2D eigenvalue weighted by molar-refractivity contribution is 0.787. The van der Waals surface area contributed by atoms with Crippen molar-refractivity contribution in [2.45, 2.75) is 13.5 Å². The van der Waals surface area contributed by atoms with Crippen LogP contribution in [0.1, 0.15) is 6.92 Å². The van der Waals surface area contributed by atoms with E-state index < -0.39 is 0 Å². The van der Waals surface area contributed by atoms with E-state index in [2.05, 4.69) is 9.97 Å². The molecular weight excluding hydrogens is 168 g/mol. The summed E-state index contributed by atoms with van der Waals surface area (Å²) in [5.74, 6) is 0.158. The van der Waals surface area contributed by atoms with Crippen LogP contribution in [0.15, 0.2) is 17.1 Å². The standard InChI is InChI=1S/C8H10N4O/c1-2-12-4-3-5-6(12)10-8(9)11-7(5)13/h3-4H,2H2,1H3,(H3,9,10,11,13). The third-order valence-electron chi connectivity index (χ3n) is 1.99. The van der Waals surface area contributed by atoms with Crippen molar-refractivity contribution in [3.05, 3.63) is 22.6 Å². The van der Waals surface area contributed by atoms with Crippen LogP contribution in [0, 0.1) is 0 Å². The summed E-state index contributed by atoms with van der Waals surface area (Å²) in [4.78, 5) is 17.8. The van der Waals surface area contributed by atoms with Crippen LogP contribution >= 0.6 is 0 Å². The van der Waals surface area contributed by atoms with Crippen LogP contribution in [0.5, 0.6) is 0 Å². The van der Waals surface area contributed by atoms with Crippen LogP contribution in [0.2, 0.25) is 0 Å². The molecule has 0 bridgehead atoms. The average molecular weight is 178 g/mol. The number of nitrogens with one attached hydrogen (secondary N) is 1. The number of H-pyrrole nitrogens is 1. The van der Waals surface area contributed by atoms with E-state index in [0.29, 0.717) is 11.0 Å². The fourth-order valence-electron chi connectivity index (χ4n) is 1.35. The monoisotopic (exact) mass is 178 g/mol. The Hall–Kier alpha value is -1.78. The summed E-state index contributed by atoms with van der Waals surface area (Å²) in [5.41, 5.74) is 5.88. The van der Waals surface area contributed by atoms with E-state index in [1.54, 1.807) is 6.07 Å². The Morgan fingerprint density at radius 1 is 1.69 bits per heavy atom. The lowest BCUT2D eigenvalue weighted by Crippen LogP contribution is -2.11. The van der Waals surface area contributed by atoms with Crippen molar-refractivity contribution in [1.29, 1.82) is 0 Å². The van der Waals surface area contributed by atoms with Crippen molar-refractivity contribution >= 4 is 17.0 Å². The van der Waals surface area contributed by atoms with Crippen molar-refractivity contribution in [3.8, 4) is 0 Å². The number of hydrogen-bond donors (Lipinski definition) is 2. The second-order valence-electron chi connectivity index (χ2n) is 2.79. The first-order valence-electron chi connectivity index (χ1n) is 4.07. The van der Waals surface area contributed by atoms with Crippen molar-refractivity contribution in [2.24, 2.45) is 0 Å². The molecule has 0 aromatic carbocycles. The summed E-state index contributed by atoms with van der Waals surface area (Å²) >= 11 is 0. The molecule has 0 aliphatic carbocycles. The maximum Gasteiger partial charge on any atom is 0.261 e. The minimum Gasteiger partial charge on any atom is -0.369 e. The van der Waals surface area contributed by atoms with Gasteiger partial charge < -0.3 is 10.3 Å². The molecule has 0 saturated carbocycles. The molecule has 0 fully saturated rings. The number of nitrogens with zero attached hydrogens (tertiary/aromatic N) is 2. The van der Waals surface area contributed by atoms with Gasteiger partial charge in [0.15, 0.2) is 0 Å². The van der Waals surface area contributed by atoms with E-state index in [-0.39, 0.29) is 11.5 Å². The predicted molar refractivity (Wildman–Crippen MR) is 50.4 cm³/mol. The summed E-state index contributed by atoms with van der Waals surface area (Å²) in [7, 11) is 0. The molecule has 0 atom stereocenters. The van der Waals surface area contributed by atoms with Crippen LogP contribution in [-0.2, 0) is 6.54 Å². The molecule has 5 nitrogen and oxygen atoms in total. The zero-order valence-electron chi connectivity index (χ0n) is 7.24. The minimum atomic E-state index is -0.185. The molecule has 0 amide bonds. The van der Waals surface area contributed by atoms with Gasteiger partial charge >= 0.3 is 0 Å². The second-order valence-corrected chi connectivity index (χ2v) is 2.79. The van der Waals surface area contributed by atoms with Gasteiger partial charge in [0, 0.05) is 12.7 Å². The quantitative estimate of drug-likeness (QED) is 0.660. The van der Waals surface area contributed by atoms with Gasteiger partial charge in [-0.05, 0) is 13.0 Å². The predicted octanol–water partition coefficient (Wildman–Crippen LogP) is 0.327. The number of nitrogens with two attached hydrogens (primary N) is 1. The fourth-order valence-corrected chi connectivity index (χ4v) is 1.35. The molecule has 68 valence electrons. The van der Waals surface area contributed by atoms with E-state index in [1.165, 1.54) is 0 Å². The molecule has 0 aliphatic rings. The molecule has 3 N–H and O–H groups in total. The topological polar surface area (TPSA) is 76.7 Å². The molecule has 2 aromatic heterocycles. The zero-order chi connectivity index (χ0) is 9.42. The van der Waals surface area contributed by atoms with Crippen LogP contribution in [0.3, 0.4) is 0 Å². The van der Waals surface area contributed by atoms with Gasteiger partial charge in [-0.15, -0.1) is 0 Å². The molecule has 0 saturated heterocycles. The minimum absolute atomic E-state index is 0.158. The summed E-state index contributed by atoms with van der Waals surface area (Å²) in [6.07, 6.45) is 1.83. The third-order valence-corrected chi connectivity index (χ3v) is 1.99. The van der Waals surface area contributed by atoms with E-state index >= 15 is 0 Å². The highest BCUT2D eigenvalue weighted by molar-refractivity contribution is 5.75. The van der Waals surface area contributed by atoms with Gasteiger partial charge in [0.25, 0.3) is 5.56 Å². The molecule has 0 spiro atoms. The van der Waals surface area contributed by atoms with Gasteiger partial charge in [0.05, 0.1) is 5.39 Å². The number of rotatable bonds is 1. The van der Waals surface area contributed by atoms with E-state index in [1.807, 2.05) is 17.7 Å². The van der Waals surface area contributed by atoms with Crippen LogP contribution < -0.4 is 11.3 Å². The SMILES string of the molecule is CCn1ccc2c(=O)[nH]c(N)nc21. The van der Waals surface area contributed by atoms with Crippen molar-refractivity contribution in [1.82, 2.24) is 14.5 Å². The highest BCUT2D eigenvalue weighted by Gasteiger charge is 2.05. The molecule has 2 heterocycles. The fraction of sp³-hybridized carbons (Fsp3) is 0.250. The summed E-state index contributed by atoms with van der Waals surface area (Å²) in [6.45, 7) is 2.76. The summed E-state index contributed by atoms with van der Waals surface area (Å²) in [6, 6.07) is 1.74. The molecule has 2 rings (SSSR count). The van der Waals surface area contributed by atoms with Gasteiger partial charge in [-0.1, -0.05) is 0 Å². The van der Waals surface area contributed by atoms with Crippen LogP contribution in [-0.4, -0.2) is 14.5 Å². The molecule has 2 aromatic rings. The number of aryl methyl sites for hydroxylation is 1. The number of aromatic amines is 1. The Kier molecular flexibility index (Phi) is 1.58. The normalized spacial score (nSPS) is 10.8. The van der Waals surface area contributed by atoms with Crippen molar-refractivity contribution < 1.29 is 0 Å². The Morgan fingerprint density at radius 3 is 3.15 bits per heavy atom. The average Bonchev–Trinajstić information content (AvgIpc) is 2.47. The summed E-state index contributed by atoms with van der Waals surface area (Å²) in [5, 5.41) is 0.580. The third kappa shape index (κ3) is 1.09. The smallest absolute Gasteiger partial charge is 0.261 e. The lowest BCUT2D eigenvalue weighted by atomic mass is 10.4. The molecule has 5 heteroatoms. The van der Waals surface area contributed by atoms with Gasteiger partial charge in [0.2, 0.25) is 5.95 Å². The number of hydrogen-bond acceptors (Lipinski definition) is 3. The highest BCUT2D eigenvalue weighted by Crippen LogP contribution is 2.08. The molecule has 0 aliphatic heterocycles. The highest BCUT2D eigenvalue weighted by atomic mass is 16.1. The molecule has 13 heavy (non-hydrogen) atoms. The second kappa shape index (κ2) is 2.62. The van der Waals surface area contributed by atoms with E-state index in [9.17, 15) is 4.79 Å². The van der Waals surface area contributed by atoms with Gasteiger partial charge in [0.1, 0.15) is 5.65 Å².